The van der Waals surface area contributed by atoms with Gasteiger partial charge in [-0.3, -0.25) is 0 Å². The minimum Gasteiger partial charge on any atom is -0.370 e. The van der Waals surface area contributed by atoms with Crippen LogP contribution in [-0.4, -0.2) is 12.1 Å². The molecule has 0 aromatic heterocycles. The zero-order valence-electron chi connectivity index (χ0n) is 9.42. The molecule has 16 heavy (non-hydrogen) atoms. The molecular weight excluding hydrogens is 205 g/mol. The molecule has 1 aromatic carbocycles. The smallest absolute Gasteiger partial charge is 0.128 e. The Labute approximate surface area is 95.6 Å². The molecular formula is C13H18FNO. The van der Waals surface area contributed by atoms with Gasteiger partial charge in [0, 0.05) is 5.56 Å². The molecule has 1 aliphatic carbocycles. The van der Waals surface area contributed by atoms with Gasteiger partial charge in [0.25, 0.3) is 0 Å². The third-order valence-electron chi connectivity index (χ3n) is 3.36. The summed E-state index contributed by atoms with van der Waals surface area (Å²) < 4.78 is 19.2. The van der Waals surface area contributed by atoms with E-state index in [1.807, 2.05) is 6.07 Å². The van der Waals surface area contributed by atoms with Crippen molar-refractivity contribution >= 4 is 0 Å². The highest BCUT2D eigenvalue weighted by Crippen LogP contribution is 2.38. The summed E-state index contributed by atoms with van der Waals surface area (Å²) >= 11 is 0. The second kappa shape index (κ2) is 4.93. The molecule has 1 aromatic rings. The largest absolute Gasteiger partial charge is 0.370 e. The molecule has 1 aliphatic rings. The number of rotatable bonds is 5. The van der Waals surface area contributed by atoms with Crippen LogP contribution in [-0.2, 0) is 11.3 Å². The molecule has 1 fully saturated rings. The van der Waals surface area contributed by atoms with Gasteiger partial charge in [-0.15, -0.1) is 0 Å². The topological polar surface area (TPSA) is 35.2 Å². The van der Waals surface area contributed by atoms with Gasteiger partial charge in [-0.2, -0.15) is 0 Å². The van der Waals surface area contributed by atoms with E-state index in [0.29, 0.717) is 18.7 Å². The highest BCUT2D eigenvalue weighted by molar-refractivity contribution is 5.16. The molecule has 0 saturated heterocycles. The molecule has 2 N–H and O–H groups in total. The molecule has 1 saturated carbocycles. The second-order valence-corrected chi connectivity index (χ2v) is 4.46. The Morgan fingerprint density at radius 2 is 2.06 bits per heavy atom. The Hall–Kier alpha value is -0.930. The maximum absolute atomic E-state index is 13.4. The van der Waals surface area contributed by atoms with E-state index >= 15 is 0 Å². The standard InChI is InChI=1S/C13H18FNO/c14-12-5-2-1-4-11(12)10-16-13(8-9-15)6-3-7-13/h1-2,4-5H,3,6-10,15H2. The van der Waals surface area contributed by atoms with Crippen LogP contribution in [0.3, 0.4) is 0 Å². The number of nitrogens with two attached hydrogens (primary N) is 1. The van der Waals surface area contributed by atoms with Crippen molar-refractivity contribution in [1.29, 1.82) is 0 Å². The van der Waals surface area contributed by atoms with E-state index in [1.54, 1.807) is 12.1 Å². The van der Waals surface area contributed by atoms with Gasteiger partial charge in [0.15, 0.2) is 0 Å². The first-order valence-corrected chi connectivity index (χ1v) is 5.83. The average molecular weight is 223 g/mol. The number of benzene rings is 1. The van der Waals surface area contributed by atoms with Crippen molar-refractivity contribution < 1.29 is 9.13 Å². The lowest BCUT2D eigenvalue weighted by Gasteiger charge is -2.41. The maximum Gasteiger partial charge on any atom is 0.128 e. The van der Waals surface area contributed by atoms with Crippen molar-refractivity contribution in [3.8, 4) is 0 Å². The molecule has 0 heterocycles. The van der Waals surface area contributed by atoms with Crippen LogP contribution < -0.4 is 5.73 Å². The maximum atomic E-state index is 13.4. The highest BCUT2D eigenvalue weighted by Gasteiger charge is 2.37. The molecule has 88 valence electrons. The fourth-order valence-electron chi connectivity index (χ4n) is 2.15. The summed E-state index contributed by atoms with van der Waals surface area (Å²) in [4.78, 5) is 0. The van der Waals surface area contributed by atoms with Crippen LogP contribution in [0, 0.1) is 5.82 Å². The first-order valence-electron chi connectivity index (χ1n) is 5.83. The zero-order valence-corrected chi connectivity index (χ0v) is 9.42. The molecule has 0 aliphatic heterocycles. The van der Waals surface area contributed by atoms with E-state index in [1.165, 1.54) is 12.5 Å². The van der Waals surface area contributed by atoms with E-state index in [0.717, 1.165) is 19.3 Å². The summed E-state index contributed by atoms with van der Waals surface area (Å²) in [6.45, 7) is 0.990. The van der Waals surface area contributed by atoms with Gasteiger partial charge < -0.3 is 10.5 Å². The van der Waals surface area contributed by atoms with Gasteiger partial charge in [0.2, 0.25) is 0 Å². The summed E-state index contributed by atoms with van der Waals surface area (Å²) in [6.07, 6.45) is 4.18. The van der Waals surface area contributed by atoms with Crippen LogP contribution in [0.4, 0.5) is 4.39 Å². The van der Waals surface area contributed by atoms with Crippen LogP contribution in [0.5, 0.6) is 0 Å². The Kier molecular flexibility index (Phi) is 3.56. The van der Waals surface area contributed by atoms with Crippen LogP contribution in [0.2, 0.25) is 0 Å². The molecule has 0 atom stereocenters. The van der Waals surface area contributed by atoms with Gasteiger partial charge in [0.1, 0.15) is 5.82 Å². The fourth-order valence-corrected chi connectivity index (χ4v) is 2.15. The third kappa shape index (κ3) is 2.42. The predicted molar refractivity (Wildman–Crippen MR) is 61.4 cm³/mol. The molecule has 2 rings (SSSR count). The zero-order chi connectivity index (χ0) is 11.4. The van der Waals surface area contributed by atoms with Crippen LogP contribution >= 0.6 is 0 Å². The molecule has 3 heteroatoms. The quantitative estimate of drug-likeness (QED) is 0.832. The van der Waals surface area contributed by atoms with E-state index in [-0.39, 0.29) is 11.4 Å². The molecule has 0 radical (unpaired) electrons. The average Bonchev–Trinajstić information content (AvgIpc) is 2.24. The normalized spacial score (nSPS) is 18.1. The van der Waals surface area contributed by atoms with Crippen molar-refractivity contribution in [3.63, 3.8) is 0 Å². The number of hydrogen-bond acceptors (Lipinski definition) is 2. The Morgan fingerprint density at radius 3 is 2.62 bits per heavy atom. The van der Waals surface area contributed by atoms with E-state index in [9.17, 15) is 4.39 Å². The van der Waals surface area contributed by atoms with Gasteiger partial charge in [-0.05, 0) is 38.3 Å². The lowest BCUT2D eigenvalue weighted by Crippen LogP contribution is -2.41. The second-order valence-electron chi connectivity index (χ2n) is 4.46. The molecule has 2 nitrogen and oxygen atoms in total. The van der Waals surface area contributed by atoms with Crippen LogP contribution in [0.1, 0.15) is 31.2 Å². The minimum absolute atomic E-state index is 0.0724. The third-order valence-corrected chi connectivity index (χ3v) is 3.36. The van der Waals surface area contributed by atoms with Crippen molar-refractivity contribution in [2.75, 3.05) is 6.54 Å². The van der Waals surface area contributed by atoms with Crippen molar-refractivity contribution in [1.82, 2.24) is 0 Å². The molecule has 0 unspecified atom stereocenters. The van der Waals surface area contributed by atoms with E-state index in [2.05, 4.69) is 0 Å². The summed E-state index contributed by atoms with van der Waals surface area (Å²) in [5, 5.41) is 0. The summed E-state index contributed by atoms with van der Waals surface area (Å²) in [6, 6.07) is 6.76. The van der Waals surface area contributed by atoms with Gasteiger partial charge >= 0.3 is 0 Å². The summed E-state index contributed by atoms with van der Waals surface area (Å²) in [7, 11) is 0. The van der Waals surface area contributed by atoms with E-state index in [4.69, 9.17) is 10.5 Å². The van der Waals surface area contributed by atoms with Crippen molar-refractivity contribution in [2.45, 2.75) is 37.9 Å². The van der Waals surface area contributed by atoms with Crippen molar-refractivity contribution in [2.24, 2.45) is 5.73 Å². The Balaban J connectivity index is 1.93. The van der Waals surface area contributed by atoms with Crippen LogP contribution in [0.15, 0.2) is 24.3 Å². The lowest BCUT2D eigenvalue weighted by molar-refractivity contribution is -0.113. The summed E-state index contributed by atoms with van der Waals surface area (Å²) in [5.41, 5.74) is 6.13. The number of halogens is 1. The van der Waals surface area contributed by atoms with Gasteiger partial charge in [0.05, 0.1) is 12.2 Å². The lowest BCUT2D eigenvalue weighted by atomic mass is 9.77. The minimum atomic E-state index is -0.190. The van der Waals surface area contributed by atoms with Gasteiger partial charge in [-0.1, -0.05) is 18.2 Å². The Morgan fingerprint density at radius 1 is 1.31 bits per heavy atom. The van der Waals surface area contributed by atoms with Crippen LogP contribution in [0.25, 0.3) is 0 Å². The first kappa shape index (κ1) is 11.6. The number of ether oxygens (including phenoxy) is 1. The molecule has 0 amide bonds. The van der Waals surface area contributed by atoms with Gasteiger partial charge in [-0.25, -0.2) is 4.39 Å². The first-order chi connectivity index (χ1) is 7.76. The monoisotopic (exact) mass is 223 g/mol. The fraction of sp³-hybridized carbons (Fsp3) is 0.538. The molecule has 0 spiro atoms. The predicted octanol–water partition coefficient (Wildman–Crippen LogP) is 2.61. The highest BCUT2D eigenvalue weighted by atomic mass is 19.1. The SMILES string of the molecule is NCCC1(OCc2ccccc2F)CCC1. The van der Waals surface area contributed by atoms with Crippen molar-refractivity contribution in [3.05, 3.63) is 35.6 Å². The summed E-state index contributed by atoms with van der Waals surface area (Å²) in [5.74, 6) is -0.190. The number of hydrogen-bond donors (Lipinski definition) is 1. The Bertz CT molecular complexity index is 350. The molecule has 0 bridgehead atoms. The van der Waals surface area contributed by atoms with E-state index < -0.39 is 0 Å².